The van der Waals surface area contributed by atoms with Crippen LogP contribution in [0.5, 0.6) is 0 Å². The van der Waals surface area contributed by atoms with Crippen LogP contribution in [0.2, 0.25) is 0 Å². The zero-order valence-corrected chi connectivity index (χ0v) is 12.6. The minimum Gasteiger partial charge on any atom is -0.382 e. The van der Waals surface area contributed by atoms with Gasteiger partial charge in [-0.2, -0.15) is 0 Å². The molecular formula is C13H17BrN2O3. The lowest BCUT2D eigenvalue weighted by Crippen LogP contribution is -2.11. The first-order valence-corrected chi connectivity index (χ1v) is 6.61. The second kappa shape index (κ2) is 7.25. The first-order chi connectivity index (χ1) is 8.91. The number of nitrogens with zero attached hydrogens (tertiary/aromatic N) is 1. The molecule has 1 aromatic carbocycles. The SMILES string of the molecule is C=C(C)COCCNc1cc(C)c([N+](=O)[O-])cc1Br. The quantitative estimate of drug-likeness (QED) is 0.359. The second-order valence-electron chi connectivity index (χ2n) is 4.31. The van der Waals surface area contributed by atoms with E-state index in [0.29, 0.717) is 29.8 Å². The average molecular weight is 329 g/mol. The molecule has 0 radical (unpaired) electrons. The minimum absolute atomic E-state index is 0.107. The molecule has 0 aliphatic heterocycles. The third-order valence-corrected chi connectivity index (χ3v) is 3.05. The summed E-state index contributed by atoms with van der Waals surface area (Å²) in [5, 5.41) is 14.0. The van der Waals surface area contributed by atoms with E-state index in [4.69, 9.17) is 4.74 Å². The van der Waals surface area contributed by atoms with E-state index in [2.05, 4.69) is 27.8 Å². The van der Waals surface area contributed by atoms with E-state index < -0.39 is 0 Å². The molecule has 0 heterocycles. The van der Waals surface area contributed by atoms with Crippen molar-refractivity contribution in [3.63, 3.8) is 0 Å². The number of benzene rings is 1. The molecule has 0 aliphatic carbocycles. The molecule has 0 unspecified atom stereocenters. The van der Waals surface area contributed by atoms with Crippen molar-refractivity contribution < 1.29 is 9.66 Å². The van der Waals surface area contributed by atoms with E-state index in [-0.39, 0.29) is 10.6 Å². The lowest BCUT2D eigenvalue weighted by Gasteiger charge is -2.10. The Bertz CT molecular complexity index is 489. The Labute approximate surface area is 120 Å². The van der Waals surface area contributed by atoms with E-state index in [1.54, 1.807) is 13.0 Å². The third kappa shape index (κ3) is 5.00. The predicted molar refractivity (Wildman–Crippen MR) is 79.7 cm³/mol. The maximum absolute atomic E-state index is 10.8. The fourth-order valence-corrected chi connectivity index (χ4v) is 1.98. The van der Waals surface area contributed by atoms with Crippen molar-refractivity contribution in [2.75, 3.05) is 25.1 Å². The number of rotatable bonds is 7. The molecule has 6 heteroatoms. The highest BCUT2D eigenvalue weighted by Crippen LogP contribution is 2.30. The van der Waals surface area contributed by atoms with E-state index in [0.717, 1.165) is 11.3 Å². The minimum atomic E-state index is -0.389. The molecule has 1 rings (SSSR count). The maximum atomic E-state index is 10.8. The molecule has 0 saturated carbocycles. The highest BCUT2D eigenvalue weighted by Gasteiger charge is 2.13. The van der Waals surface area contributed by atoms with Crippen molar-refractivity contribution in [2.45, 2.75) is 13.8 Å². The van der Waals surface area contributed by atoms with Crippen LogP contribution in [-0.2, 0) is 4.74 Å². The van der Waals surface area contributed by atoms with Crippen molar-refractivity contribution in [2.24, 2.45) is 0 Å². The number of nitro groups is 1. The Hall–Kier alpha value is -1.40. The molecule has 0 bridgehead atoms. The molecule has 1 aromatic rings. The first-order valence-electron chi connectivity index (χ1n) is 5.82. The van der Waals surface area contributed by atoms with Gasteiger partial charge in [0.1, 0.15) is 0 Å². The number of nitrogens with one attached hydrogen (secondary N) is 1. The number of halogens is 1. The van der Waals surface area contributed by atoms with Gasteiger partial charge in [0.25, 0.3) is 5.69 Å². The normalized spacial score (nSPS) is 10.3. The van der Waals surface area contributed by atoms with Crippen LogP contribution in [0.25, 0.3) is 0 Å². The summed E-state index contributed by atoms with van der Waals surface area (Å²) in [7, 11) is 0. The fourth-order valence-electron chi connectivity index (χ4n) is 1.51. The summed E-state index contributed by atoms with van der Waals surface area (Å²) in [5.41, 5.74) is 2.53. The average Bonchev–Trinajstić information content (AvgIpc) is 2.31. The molecule has 0 saturated heterocycles. The van der Waals surface area contributed by atoms with Crippen molar-refractivity contribution in [1.82, 2.24) is 0 Å². The van der Waals surface area contributed by atoms with Crippen LogP contribution in [0, 0.1) is 17.0 Å². The predicted octanol–water partition coefficient (Wildman–Crippen LogP) is 3.67. The molecule has 0 fully saturated rings. The van der Waals surface area contributed by atoms with Gasteiger partial charge < -0.3 is 10.1 Å². The van der Waals surface area contributed by atoms with Gasteiger partial charge in [0, 0.05) is 28.3 Å². The molecule has 0 amide bonds. The third-order valence-electron chi connectivity index (χ3n) is 2.39. The van der Waals surface area contributed by atoms with Crippen LogP contribution in [0.4, 0.5) is 11.4 Å². The molecule has 0 aromatic heterocycles. The molecule has 0 spiro atoms. The second-order valence-corrected chi connectivity index (χ2v) is 5.17. The number of aryl methyl sites for hydroxylation is 1. The Morgan fingerprint density at radius 2 is 2.26 bits per heavy atom. The zero-order chi connectivity index (χ0) is 14.4. The van der Waals surface area contributed by atoms with Gasteiger partial charge in [-0.3, -0.25) is 10.1 Å². The number of hydrogen-bond donors (Lipinski definition) is 1. The lowest BCUT2D eigenvalue weighted by atomic mass is 10.2. The Balaban J connectivity index is 2.57. The van der Waals surface area contributed by atoms with E-state index in [1.165, 1.54) is 6.07 Å². The van der Waals surface area contributed by atoms with Gasteiger partial charge in [-0.05, 0) is 35.8 Å². The van der Waals surface area contributed by atoms with Crippen molar-refractivity contribution >= 4 is 27.3 Å². The summed E-state index contributed by atoms with van der Waals surface area (Å²) in [6.45, 7) is 9.09. The summed E-state index contributed by atoms with van der Waals surface area (Å²) in [4.78, 5) is 10.4. The maximum Gasteiger partial charge on any atom is 0.273 e. The van der Waals surface area contributed by atoms with Crippen LogP contribution < -0.4 is 5.32 Å². The highest BCUT2D eigenvalue weighted by atomic mass is 79.9. The first kappa shape index (κ1) is 15.7. The van der Waals surface area contributed by atoms with Gasteiger partial charge >= 0.3 is 0 Å². The molecule has 1 N–H and O–H groups in total. The Kier molecular flexibility index (Phi) is 5.98. The summed E-state index contributed by atoms with van der Waals surface area (Å²) in [6, 6.07) is 3.26. The zero-order valence-electron chi connectivity index (χ0n) is 11.0. The number of nitro benzene ring substituents is 1. The number of hydrogen-bond acceptors (Lipinski definition) is 4. The monoisotopic (exact) mass is 328 g/mol. The van der Waals surface area contributed by atoms with Gasteiger partial charge in [-0.25, -0.2) is 0 Å². The van der Waals surface area contributed by atoms with E-state index in [9.17, 15) is 10.1 Å². The molecular weight excluding hydrogens is 312 g/mol. The number of anilines is 1. The smallest absolute Gasteiger partial charge is 0.273 e. The molecule has 0 atom stereocenters. The van der Waals surface area contributed by atoms with E-state index >= 15 is 0 Å². The van der Waals surface area contributed by atoms with E-state index in [1.807, 2.05) is 6.92 Å². The Morgan fingerprint density at radius 3 is 2.84 bits per heavy atom. The number of ether oxygens (including phenoxy) is 1. The van der Waals surface area contributed by atoms with Crippen LogP contribution in [0.15, 0.2) is 28.8 Å². The summed E-state index contributed by atoms with van der Waals surface area (Å²) in [5.74, 6) is 0. The fraction of sp³-hybridized carbons (Fsp3) is 0.385. The summed E-state index contributed by atoms with van der Waals surface area (Å²) in [6.07, 6.45) is 0. The van der Waals surface area contributed by atoms with Crippen molar-refractivity contribution in [3.05, 3.63) is 44.4 Å². The van der Waals surface area contributed by atoms with Crippen LogP contribution in [0.3, 0.4) is 0 Å². The molecule has 19 heavy (non-hydrogen) atoms. The molecule has 104 valence electrons. The summed E-state index contributed by atoms with van der Waals surface area (Å²) >= 11 is 3.32. The molecule has 5 nitrogen and oxygen atoms in total. The summed E-state index contributed by atoms with van der Waals surface area (Å²) < 4.78 is 6.03. The largest absolute Gasteiger partial charge is 0.382 e. The van der Waals surface area contributed by atoms with Crippen molar-refractivity contribution in [1.29, 1.82) is 0 Å². The highest BCUT2D eigenvalue weighted by molar-refractivity contribution is 9.10. The van der Waals surface area contributed by atoms with Gasteiger partial charge in [-0.1, -0.05) is 12.2 Å². The lowest BCUT2D eigenvalue weighted by molar-refractivity contribution is -0.385. The topological polar surface area (TPSA) is 64.4 Å². The van der Waals surface area contributed by atoms with Crippen molar-refractivity contribution in [3.8, 4) is 0 Å². The van der Waals surface area contributed by atoms with Gasteiger partial charge in [-0.15, -0.1) is 0 Å². The van der Waals surface area contributed by atoms with Crippen LogP contribution in [-0.4, -0.2) is 24.7 Å². The Morgan fingerprint density at radius 1 is 1.58 bits per heavy atom. The van der Waals surface area contributed by atoms with Gasteiger partial charge in [0.15, 0.2) is 0 Å². The standard InChI is InChI=1S/C13H17BrN2O3/c1-9(2)8-19-5-4-15-12-6-10(3)13(16(17)18)7-11(12)14/h6-7,15H,1,4-5,8H2,2-3H3. The van der Waals surface area contributed by atoms with Gasteiger partial charge in [0.2, 0.25) is 0 Å². The van der Waals surface area contributed by atoms with Gasteiger partial charge in [0.05, 0.1) is 18.1 Å². The molecule has 0 aliphatic rings. The van der Waals surface area contributed by atoms with Crippen LogP contribution >= 0.6 is 15.9 Å². The van der Waals surface area contributed by atoms with Crippen LogP contribution in [0.1, 0.15) is 12.5 Å².